The van der Waals surface area contributed by atoms with Crippen molar-refractivity contribution in [2.24, 2.45) is 0 Å². The van der Waals surface area contributed by atoms with Crippen LogP contribution in [0.5, 0.6) is 5.75 Å². The molecule has 0 N–H and O–H groups in total. The molecule has 0 atom stereocenters. The molecule has 2 aromatic carbocycles. The first-order valence-corrected chi connectivity index (χ1v) is 10.2. The summed E-state index contributed by atoms with van der Waals surface area (Å²) in [5.74, 6) is 0.792. The van der Waals surface area contributed by atoms with E-state index in [0.29, 0.717) is 34.2 Å². The Labute approximate surface area is 179 Å². The van der Waals surface area contributed by atoms with E-state index in [9.17, 15) is 4.79 Å². The van der Waals surface area contributed by atoms with Crippen molar-refractivity contribution in [1.82, 2.24) is 14.8 Å². The van der Waals surface area contributed by atoms with Crippen LogP contribution in [0.3, 0.4) is 0 Å². The summed E-state index contributed by atoms with van der Waals surface area (Å²) >= 11 is 12.4. The number of aromatic nitrogens is 1. The van der Waals surface area contributed by atoms with Gasteiger partial charge >= 0.3 is 0 Å². The highest BCUT2D eigenvalue weighted by Gasteiger charge is 2.24. The van der Waals surface area contributed by atoms with E-state index in [1.807, 2.05) is 41.3 Å². The summed E-state index contributed by atoms with van der Waals surface area (Å²) in [7, 11) is 1.66. The Hall–Kier alpha value is -2.34. The Morgan fingerprint density at radius 3 is 2.62 bits per heavy atom. The molecule has 1 aliphatic rings. The normalized spacial score (nSPS) is 14.9. The molecule has 1 aliphatic heterocycles. The maximum absolute atomic E-state index is 13.1. The van der Waals surface area contributed by atoms with Gasteiger partial charge in [-0.15, -0.1) is 0 Å². The average Bonchev–Trinajstić information content (AvgIpc) is 2.73. The third-order valence-corrected chi connectivity index (χ3v) is 5.65. The molecule has 1 aromatic heterocycles. The highest BCUT2D eigenvalue weighted by Crippen LogP contribution is 2.26. The summed E-state index contributed by atoms with van der Waals surface area (Å²) < 4.78 is 5.44. The number of amides is 1. The number of methoxy groups -OCH3 is 1. The maximum atomic E-state index is 13.1. The first-order valence-electron chi connectivity index (χ1n) is 9.43. The molecule has 29 heavy (non-hydrogen) atoms. The SMILES string of the molecule is COc1ccc(Cl)cc1CN1CCN(C(=O)c2cc(Cl)cc3cccnc23)CC1. The van der Waals surface area contributed by atoms with Gasteiger partial charge in [-0.3, -0.25) is 14.7 Å². The van der Waals surface area contributed by atoms with Crippen molar-refractivity contribution in [2.75, 3.05) is 33.3 Å². The molecule has 0 saturated carbocycles. The van der Waals surface area contributed by atoms with Crippen molar-refractivity contribution in [3.63, 3.8) is 0 Å². The number of hydrogen-bond donors (Lipinski definition) is 0. The lowest BCUT2D eigenvalue weighted by molar-refractivity contribution is 0.0629. The first kappa shape index (κ1) is 20.0. The van der Waals surface area contributed by atoms with Crippen molar-refractivity contribution in [2.45, 2.75) is 6.54 Å². The van der Waals surface area contributed by atoms with E-state index in [1.165, 1.54) is 0 Å². The summed E-state index contributed by atoms with van der Waals surface area (Å²) in [5, 5.41) is 2.10. The summed E-state index contributed by atoms with van der Waals surface area (Å²) in [4.78, 5) is 21.7. The van der Waals surface area contributed by atoms with Crippen molar-refractivity contribution < 1.29 is 9.53 Å². The topological polar surface area (TPSA) is 45.7 Å². The van der Waals surface area contributed by atoms with Crippen LogP contribution in [0.2, 0.25) is 10.0 Å². The number of rotatable bonds is 4. The van der Waals surface area contributed by atoms with Crippen LogP contribution in [0, 0.1) is 0 Å². The molecular weight excluding hydrogens is 409 g/mol. The zero-order valence-electron chi connectivity index (χ0n) is 16.1. The number of piperazine rings is 1. The number of carbonyl (C=O) groups excluding carboxylic acids is 1. The number of hydrogen-bond acceptors (Lipinski definition) is 4. The first-order chi connectivity index (χ1) is 14.0. The Bertz CT molecular complexity index is 1050. The largest absolute Gasteiger partial charge is 0.496 e. The van der Waals surface area contributed by atoms with Gasteiger partial charge in [-0.2, -0.15) is 0 Å². The number of benzene rings is 2. The molecule has 1 saturated heterocycles. The number of fused-ring (bicyclic) bond motifs is 1. The van der Waals surface area contributed by atoms with Gasteiger partial charge < -0.3 is 9.64 Å². The quantitative estimate of drug-likeness (QED) is 0.611. The minimum atomic E-state index is -0.0313. The summed E-state index contributed by atoms with van der Waals surface area (Å²) in [6.45, 7) is 3.55. The Morgan fingerprint density at radius 1 is 1.07 bits per heavy atom. The van der Waals surface area contributed by atoms with Gasteiger partial charge in [0.05, 0.1) is 18.2 Å². The maximum Gasteiger partial charge on any atom is 0.256 e. The van der Waals surface area contributed by atoms with Gasteiger partial charge in [0.25, 0.3) is 5.91 Å². The molecule has 0 radical (unpaired) electrons. The van der Waals surface area contributed by atoms with Gasteiger partial charge in [0.15, 0.2) is 0 Å². The molecule has 1 amide bonds. The summed E-state index contributed by atoms with van der Waals surface area (Å²) in [6.07, 6.45) is 1.70. The van der Waals surface area contributed by atoms with Gasteiger partial charge in [-0.05, 0) is 36.4 Å². The van der Waals surface area contributed by atoms with E-state index in [4.69, 9.17) is 27.9 Å². The van der Waals surface area contributed by atoms with Crippen LogP contribution in [0.15, 0.2) is 48.7 Å². The van der Waals surface area contributed by atoms with Gasteiger partial charge in [-0.25, -0.2) is 0 Å². The number of ether oxygens (including phenoxy) is 1. The number of nitrogens with zero attached hydrogens (tertiary/aromatic N) is 3. The average molecular weight is 430 g/mol. The molecule has 7 heteroatoms. The fourth-order valence-corrected chi connectivity index (χ4v) is 4.13. The van der Waals surface area contributed by atoms with E-state index in [1.54, 1.807) is 19.4 Å². The zero-order valence-corrected chi connectivity index (χ0v) is 17.6. The number of halogens is 2. The Morgan fingerprint density at radius 2 is 1.86 bits per heavy atom. The molecule has 4 rings (SSSR count). The van der Waals surface area contributed by atoms with Crippen LogP contribution in [0.1, 0.15) is 15.9 Å². The third-order valence-electron chi connectivity index (χ3n) is 5.20. The summed E-state index contributed by atoms with van der Waals surface area (Å²) in [6, 6.07) is 12.9. The predicted molar refractivity (Wildman–Crippen MR) is 116 cm³/mol. The van der Waals surface area contributed by atoms with Crippen molar-refractivity contribution in [3.8, 4) is 5.75 Å². The predicted octanol–water partition coefficient (Wildman–Crippen LogP) is 4.51. The number of carbonyl (C=O) groups is 1. The monoisotopic (exact) mass is 429 g/mol. The molecule has 2 heterocycles. The van der Waals surface area contributed by atoms with E-state index in [2.05, 4.69) is 9.88 Å². The Kier molecular flexibility index (Phi) is 5.90. The van der Waals surface area contributed by atoms with E-state index in [-0.39, 0.29) is 5.91 Å². The van der Waals surface area contributed by atoms with Gasteiger partial charge in [0, 0.05) is 59.9 Å². The van der Waals surface area contributed by atoms with Crippen LogP contribution in [-0.2, 0) is 6.54 Å². The molecule has 5 nitrogen and oxygen atoms in total. The molecule has 0 bridgehead atoms. The highest BCUT2D eigenvalue weighted by atomic mass is 35.5. The van der Waals surface area contributed by atoms with E-state index in [0.717, 1.165) is 36.3 Å². The summed E-state index contributed by atoms with van der Waals surface area (Å²) in [5.41, 5.74) is 2.29. The smallest absolute Gasteiger partial charge is 0.256 e. The van der Waals surface area contributed by atoms with E-state index < -0.39 is 0 Å². The minimum Gasteiger partial charge on any atom is -0.496 e. The van der Waals surface area contributed by atoms with Crippen molar-refractivity contribution in [3.05, 3.63) is 69.8 Å². The molecule has 0 aliphatic carbocycles. The molecule has 1 fully saturated rings. The molecule has 3 aromatic rings. The fraction of sp³-hybridized carbons (Fsp3) is 0.273. The van der Waals surface area contributed by atoms with Crippen LogP contribution < -0.4 is 4.74 Å². The second kappa shape index (κ2) is 8.57. The molecule has 0 spiro atoms. The van der Waals surface area contributed by atoms with Crippen molar-refractivity contribution in [1.29, 1.82) is 0 Å². The lowest BCUT2D eigenvalue weighted by Crippen LogP contribution is -2.48. The molecule has 150 valence electrons. The van der Waals surface area contributed by atoms with Gasteiger partial charge in [0.2, 0.25) is 0 Å². The minimum absolute atomic E-state index is 0.0313. The highest BCUT2D eigenvalue weighted by molar-refractivity contribution is 6.32. The van der Waals surface area contributed by atoms with Crippen LogP contribution in [0.25, 0.3) is 10.9 Å². The van der Waals surface area contributed by atoms with Crippen LogP contribution in [-0.4, -0.2) is 54.0 Å². The van der Waals surface area contributed by atoms with Crippen molar-refractivity contribution >= 4 is 40.0 Å². The Balaban J connectivity index is 1.47. The lowest BCUT2D eigenvalue weighted by atomic mass is 10.1. The fourth-order valence-electron chi connectivity index (χ4n) is 3.71. The van der Waals surface area contributed by atoms with Crippen LogP contribution >= 0.6 is 23.2 Å². The number of pyridine rings is 1. The molecular formula is C22H21Cl2N3O2. The standard InChI is InChI=1S/C22H21Cl2N3O2/c1-29-20-5-4-17(23)12-16(20)14-26-7-9-27(10-8-26)22(28)19-13-18(24)11-15-3-2-6-25-21(15)19/h2-6,11-13H,7-10,14H2,1H3. The van der Waals surface area contributed by atoms with Gasteiger partial charge in [0.1, 0.15) is 5.75 Å². The second-order valence-corrected chi connectivity index (χ2v) is 7.93. The molecule has 0 unspecified atom stereocenters. The van der Waals surface area contributed by atoms with Gasteiger partial charge in [-0.1, -0.05) is 29.3 Å². The van der Waals surface area contributed by atoms with Crippen LogP contribution in [0.4, 0.5) is 0 Å². The van der Waals surface area contributed by atoms with E-state index >= 15 is 0 Å². The lowest BCUT2D eigenvalue weighted by Gasteiger charge is -2.35. The zero-order chi connectivity index (χ0) is 20.4. The second-order valence-electron chi connectivity index (χ2n) is 7.05. The third kappa shape index (κ3) is 4.32.